The highest BCUT2D eigenvalue weighted by molar-refractivity contribution is 7.91. The Balaban J connectivity index is 2.00. The molecule has 0 bridgehead atoms. The third-order valence-corrected chi connectivity index (χ3v) is 4.77. The SMILES string of the molecule is Cc1ccccc1NC1CCS(=O)(=O)CC1. The number of hydrogen-bond donors (Lipinski definition) is 1. The second-order valence-electron chi connectivity index (χ2n) is 4.39. The fraction of sp³-hybridized carbons (Fsp3) is 0.500. The summed E-state index contributed by atoms with van der Waals surface area (Å²) in [5.41, 5.74) is 2.32. The van der Waals surface area contributed by atoms with E-state index in [1.54, 1.807) is 0 Å². The Morgan fingerprint density at radius 1 is 1.19 bits per heavy atom. The van der Waals surface area contributed by atoms with E-state index in [1.165, 1.54) is 5.56 Å². The number of anilines is 1. The van der Waals surface area contributed by atoms with Crippen molar-refractivity contribution in [2.75, 3.05) is 16.8 Å². The van der Waals surface area contributed by atoms with Gasteiger partial charge in [-0.25, -0.2) is 8.42 Å². The van der Waals surface area contributed by atoms with Crippen molar-refractivity contribution >= 4 is 15.5 Å². The van der Waals surface area contributed by atoms with Crippen LogP contribution in [0.4, 0.5) is 5.69 Å². The number of nitrogens with one attached hydrogen (secondary N) is 1. The molecule has 0 spiro atoms. The first-order valence-electron chi connectivity index (χ1n) is 5.59. The van der Waals surface area contributed by atoms with E-state index < -0.39 is 9.84 Å². The predicted molar refractivity (Wildman–Crippen MR) is 66.5 cm³/mol. The maximum absolute atomic E-state index is 11.3. The van der Waals surface area contributed by atoms with Gasteiger partial charge in [-0.2, -0.15) is 0 Å². The van der Waals surface area contributed by atoms with Gasteiger partial charge < -0.3 is 5.32 Å². The van der Waals surface area contributed by atoms with Crippen molar-refractivity contribution < 1.29 is 8.42 Å². The summed E-state index contributed by atoms with van der Waals surface area (Å²) >= 11 is 0. The second kappa shape index (κ2) is 4.45. The lowest BCUT2D eigenvalue weighted by atomic mass is 10.1. The van der Waals surface area contributed by atoms with Gasteiger partial charge >= 0.3 is 0 Å². The van der Waals surface area contributed by atoms with Crippen molar-refractivity contribution in [2.24, 2.45) is 0 Å². The van der Waals surface area contributed by atoms with Crippen LogP contribution in [-0.2, 0) is 9.84 Å². The molecule has 2 rings (SSSR count). The minimum atomic E-state index is -2.76. The van der Waals surface area contributed by atoms with Crippen molar-refractivity contribution in [3.8, 4) is 0 Å². The molecule has 1 aromatic rings. The first kappa shape index (κ1) is 11.5. The molecule has 0 atom stereocenters. The summed E-state index contributed by atoms with van der Waals surface area (Å²) in [6.45, 7) is 2.06. The molecule has 0 radical (unpaired) electrons. The summed E-state index contributed by atoms with van der Waals surface area (Å²) in [4.78, 5) is 0. The highest BCUT2D eigenvalue weighted by Gasteiger charge is 2.23. The average Bonchev–Trinajstić information content (AvgIpc) is 2.24. The van der Waals surface area contributed by atoms with E-state index in [0.717, 1.165) is 18.5 Å². The quantitative estimate of drug-likeness (QED) is 0.858. The summed E-state index contributed by atoms with van der Waals surface area (Å²) in [5, 5.41) is 3.42. The normalized spacial score (nSPS) is 20.6. The zero-order chi connectivity index (χ0) is 11.6. The van der Waals surface area contributed by atoms with E-state index >= 15 is 0 Å². The molecule has 0 aliphatic carbocycles. The lowest BCUT2D eigenvalue weighted by molar-refractivity contribution is 0.559. The van der Waals surface area contributed by atoms with Crippen LogP contribution in [0, 0.1) is 6.92 Å². The molecule has 1 heterocycles. The van der Waals surface area contributed by atoms with E-state index in [-0.39, 0.29) is 0 Å². The molecule has 0 saturated carbocycles. The first-order valence-corrected chi connectivity index (χ1v) is 7.41. The summed E-state index contributed by atoms with van der Waals surface area (Å²) in [7, 11) is -2.76. The van der Waals surface area contributed by atoms with Crippen molar-refractivity contribution in [3.05, 3.63) is 29.8 Å². The monoisotopic (exact) mass is 239 g/mol. The van der Waals surface area contributed by atoms with Crippen LogP contribution < -0.4 is 5.32 Å². The second-order valence-corrected chi connectivity index (χ2v) is 6.69. The maximum atomic E-state index is 11.3. The number of hydrogen-bond acceptors (Lipinski definition) is 3. The zero-order valence-electron chi connectivity index (χ0n) is 9.44. The van der Waals surface area contributed by atoms with E-state index in [4.69, 9.17) is 0 Å². The van der Waals surface area contributed by atoms with Gasteiger partial charge in [-0.1, -0.05) is 18.2 Å². The zero-order valence-corrected chi connectivity index (χ0v) is 10.3. The summed E-state index contributed by atoms with van der Waals surface area (Å²) in [6.07, 6.45) is 1.44. The average molecular weight is 239 g/mol. The standard InChI is InChI=1S/C12H17NO2S/c1-10-4-2-3-5-12(10)13-11-6-8-16(14,15)9-7-11/h2-5,11,13H,6-9H2,1H3. The minimum absolute atomic E-state index is 0.296. The van der Waals surface area contributed by atoms with Gasteiger partial charge in [-0.3, -0.25) is 0 Å². The fourth-order valence-corrected chi connectivity index (χ4v) is 3.48. The molecule has 3 nitrogen and oxygen atoms in total. The van der Waals surface area contributed by atoms with Gasteiger partial charge in [0.2, 0.25) is 0 Å². The van der Waals surface area contributed by atoms with Crippen LogP contribution in [0.3, 0.4) is 0 Å². The van der Waals surface area contributed by atoms with E-state index in [0.29, 0.717) is 17.5 Å². The molecule has 1 aromatic carbocycles. The predicted octanol–water partition coefficient (Wildman–Crippen LogP) is 1.98. The number of sulfone groups is 1. The molecule has 0 unspecified atom stereocenters. The molecule has 0 aromatic heterocycles. The molecule has 1 aliphatic rings. The Kier molecular flexibility index (Phi) is 3.19. The Morgan fingerprint density at radius 3 is 2.44 bits per heavy atom. The minimum Gasteiger partial charge on any atom is -0.382 e. The Morgan fingerprint density at radius 2 is 1.81 bits per heavy atom. The Hall–Kier alpha value is -1.03. The van der Waals surface area contributed by atoms with Crippen molar-refractivity contribution in [1.29, 1.82) is 0 Å². The van der Waals surface area contributed by atoms with Gasteiger partial charge in [0.05, 0.1) is 11.5 Å². The number of rotatable bonds is 2. The fourth-order valence-electron chi connectivity index (χ4n) is 1.99. The Labute approximate surface area is 96.8 Å². The number of para-hydroxylation sites is 1. The van der Waals surface area contributed by atoms with Gasteiger partial charge in [0.25, 0.3) is 0 Å². The highest BCUT2D eigenvalue weighted by Crippen LogP contribution is 2.20. The van der Waals surface area contributed by atoms with Crippen LogP contribution in [0.25, 0.3) is 0 Å². The summed E-state index contributed by atoms with van der Waals surface area (Å²) in [5.74, 6) is 0.632. The smallest absolute Gasteiger partial charge is 0.150 e. The molecule has 88 valence electrons. The van der Waals surface area contributed by atoms with Crippen LogP contribution in [0.2, 0.25) is 0 Å². The first-order chi connectivity index (χ1) is 7.57. The third kappa shape index (κ3) is 2.76. The van der Waals surface area contributed by atoms with Crippen LogP contribution in [-0.4, -0.2) is 26.0 Å². The van der Waals surface area contributed by atoms with Crippen LogP contribution >= 0.6 is 0 Å². The van der Waals surface area contributed by atoms with Crippen LogP contribution in [0.5, 0.6) is 0 Å². The summed E-state index contributed by atoms with van der Waals surface area (Å²) < 4.78 is 22.6. The largest absolute Gasteiger partial charge is 0.382 e. The number of benzene rings is 1. The Bertz CT molecular complexity index is 454. The molecule has 0 amide bonds. The van der Waals surface area contributed by atoms with Crippen molar-refractivity contribution in [3.63, 3.8) is 0 Å². The summed E-state index contributed by atoms with van der Waals surface area (Å²) in [6, 6.07) is 8.39. The molecule has 1 N–H and O–H groups in total. The van der Waals surface area contributed by atoms with Gasteiger partial charge in [0, 0.05) is 11.7 Å². The molecule has 1 saturated heterocycles. The van der Waals surface area contributed by atoms with Gasteiger partial charge in [-0.15, -0.1) is 0 Å². The molecular weight excluding hydrogens is 222 g/mol. The topological polar surface area (TPSA) is 46.2 Å². The van der Waals surface area contributed by atoms with Crippen LogP contribution in [0.15, 0.2) is 24.3 Å². The van der Waals surface area contributed by atoms with E-state index in [1.807, 2.05) is 18.2 Å². The molecule has 1 fully saturated rings. The van der Waals surface area contributed by atoms with Crippen LogP contribution in [0.1, 0.15) is 18.4 Å². The van der Waals surface area contributed by atoms with Gasteiger partial charge in [0.15, 0.2) is 0 Å². The van der Waals surface area contributed by atoms with Gasteiger partial charge in [-0.05, 0) is 31.4 Å². The number of aryl methyl sites for hydroxylation is 1. The van der Waals surface area contributed by atoms with Gasteiger partial charge in [0.1, 0.15) is 9.84 Å². The van der Waals surface area contributed by atoms with Crippen molar-refractivity contribution in [1.82, 2.24) is 0 Å². The van der Waals surface area contributed by atoms with E-state index in [2.05, 4.69) is 18.3 Å². The third-order valence-electron chi connectivity index (χ3n) is 3.06. The maximum Gasteiger partial charge on any atom is 0.150 e. The molecule has 1 aliphatic heterocycles. The molecule has 4 heteroatoms. The molecule has 16 heavy (non-hydrogen) atoms. The lowest BCUT2D eigenvalue weighted by Crippen LogP contribution is -2.32. The molecular formula is C12H17NO2S. The highest BCUT2D eigenvalue weighted by atomic mass is 32.2. The van der Waals surface area contributed by atoms with Crippen molar-refractivity contribution in [2.45, 2.75) is 25.8 Å². The lowest BCUT2D eigenvalue weighted by Gasteiger charge is -2.24. The van der Waals surface area contributed by atoms with E-state index in [9.17, 15) is 8.42 Å².